The van der Waals surface area contributed by atoms with Crippen molar-refractivity contribution in [3.8, 4) is 5.75 Å². The number of hydrogen-bond donors (Lipinski definition) is 2. The smallest absolute Gasteiger partial charge is 0.416 e. The van der Waals surface area contributed by atoms with Crippen molar-refractivity contribution in [1.82, 2.24) is 0 Å². The van der Waals surface area contributed by atoms with E-state index < -0.39 is 11.7 Å². The second-order valence-corrected chi connectivity index (χ2v) is 6.69. The van der Waals surface area contributed by atoms with Gasteiger partial charge < -0.3 is 10.1 Å². The minimum Gasteiger partial charge on any atom is -0.483 e. The van der Waals surface area contributed by atoms with Gasteiger partial charge in [-0.15, -0.1) is 0 Å². The van der Waals surface area contributed by atoms with Crippen molar-refractivity contribution >= 4 is 23.5 Å². The molecule has 8 heteroatoms. The molecular weight excluding hydrogens is 407 g/mol. The van der Waals surface area contributed by atoms with Crippen LogP contribution < -0.4 is 15.5 Å². The summed E-state index contributed by atoms with van der Waals surface area (Å²) in [6, 6.07) is 18.9. The molecule has 3 aromatic carbocycles. The monoisotopic (exact) mass is 427 g/mol. The summed E-state index contributed by atoms with van der Waals surface area (Å²) in [7, 11) is 0. The van der Waals surface area contributed by atoms with Crippen LogP contribution in [-0.4, -0.2) is 18.7 Å². The van der Waals surface area contributed by atoms with Gasteiger partial charge in [0.1, 0.15) is 5.75 Å². The maximum atomic E-state index is 12.6. The quantitative estimate of drug-likeness (QED) is 0.388. The number of carbonyl (C=O) groups is 1. The van der Waals surface area contributed by atoms with E-state index in [9.17, 15) is 18.0 Å². The van der Waals surface area contributed by atoms with Gasteiger partial charge in [-0.3, -0.25) is 10.2 Å². The van der Waals surface area contributed by atoms with E-state index in [1.165, 1.54) is 18.3 Å². The molecule has 3 aromatic rings. The van der Waals surface area contributed by atoms with Crippen LogP contribution in [0.2, 0.25) is 0 Å². The summed E-state index contributed by atoms with van der Waals surface area (Å²) >= 11 is 0. The zero-order chi connectivity index (χ0) is 22.3. The number of anilines is 2. The third kappa shape index (κ3) is 6.60. The molecule has 5 nitrogen and oxygen atoms in total. The second kappa shape index (κ2) is 9.80. The number of aryl methyl sites for hydroxylation is 1. The number of para-hydroxylation sites is 1. The van der Waals surface area contributed by atoms with E-state index in [1.54, 1.807) is 36.4 Å². The molecule has 1 amide bonds. The summed E-state index contributed by atoms with van der Waals surface area (Å²) in [5, 5.41) is 6.78. The highest BCUT2D eigenvalue weighted by atomic mass is 19.4. The summed E-state index contributed by atoms with van der Waals surface area (Å²) in [5.74, 6) is 0.137. The molecule has 0 saturated heterocycles. The Morgan fingerprint density at radius 2 is 1.61 bits per heavy atom. The SMILES string of the molecule is Cc1ccc(NC(=O)COc2ccccc2/C=N/Nc2ccc(C(F)(F)F)cc2)cc1. The lowest BCUT2D eigenvalue weighted by molar-refractivity contribution is -0.137. The van der Waals surface area contributed by atoms with Gasteiger partial charge in [0.2, 0.25) is 0 Å². The molecule has 0 fully saturated rings. The van der Waals surface area contributed by atoms with Crippen LogP contribution >= 0.6 is 0 Å². The number of hydrazone groups is 1. The Hall–Kier alpha value is -3.81. The number of alkyl halides is 3. The number of nitrogens with one attached hydrogen (secondary N) is 2. The number of hydrogen-bond acceptors (Lipinski definition) is 4. The van der Waals surface area contributed by atoms with Crippen molar-refractivity contribution < 1.29 is 22.7 Å². The van der Waals surface area contributed by atoms with Crippen LogP contribution in [0.15, 0.2) is 77.9 Å². The van der Waals surface area contributed by atoms with Crippen molar-refractivity contribution in [2.45, 2.75) is 13.1 Å². The Morgan fingerprint density at radius 3 is 2.29 bits per heavy atom. The maximum absolute atomic E-state index is 12.6. The van der Waals surface area contributed by atoms with Gasteiger partial charge in [-0.25, -0.2) is 0 Å². The van der Waals surface area contributed by atoms with Gasteiger partial charge >= 0.3 is 6.18 Å². The minimum absolute atomic E-state index is 0.189. The number of amides is 1. The van der Waals surface area contributed by atoms with Gasteiger partial charge in [-0.05, 0) is 55.5 Å². The molecule has 3 rings (SSSR count). The van der Waals surface area contributed by atoms with Crippen molar-refractivity contribution in [1.29, 1.82) is 0 Å². The van der Waals surface area contributed by atoms with E-state index in [4.69, 9.17) is 4.74 Å². The third-order valence-electron chi connectivity index (χ3n) is 4.22. The van der Waals surface area contributed by atoms with E-state index in [-0.39, 0.29) is 12.5 Å². The highest BCUT2D eigenvalue weighted by molar-refractivity contribution is 5.92. The highest BCUT2D eigenvalue weighted by Crippen LogP contribution is 2.29. The lowest BCUT2D eigenvalue weighted by Gasteiger charge is -2.10. The van der Waals surface area contributed by atoms with E-state index in [0.29, 0.717) is 22.7 Å². The largest absolute Gasteiger partial charge is 0.483 e. The van der Waals surface area contributed by atoms with Crippen LogP contribution in [0.1, 0.15) is 16.7 Å². The first-order chi connectivity index (χ1) is 14.8. The molecule has 0 aromatic heterocycles. The highest BCUT2D eigenvalue weighted by Gasteiger charge is 2.29. The Balaban J connectivity index is 1.57. The molecular formula is C23H20F3N3O2. The predicted molar refractivity (Wildman–Crippen MR) is 114 cm³/mol. The van der Waals surface area contributed by atoms with Gasteiger partial charge in [0, 0.05) is 11.3 Å². The van der Waals surface area contributed by atoms with Crippen molar-refractivity contribution in [3.63, 3.8) is 0 Å². The van der Waals surface area contributed by atoms with Crippen LogP contribution in [0, 0.1) is 6.92 Å². The average Bonchev–Trinajstić information content (AvgIpc) is 2.74. The van der Waals surface area contributed by atoms with Crippen LogP contribution in [-0.2, 0) is 11.0 Å². The van der Waals surface area contributed by atoms with E-state index >= 15 is 0 Å². The Bertz CT molecular complexity index is 1050. The first kappa shape index (κ1) is 21.9. The molecule has 0 spiro atoms. The molecule has 0 bridgehead atoms. The summed E-state index contributed by atoms with van der Waals surface area (Å²) in [5.41, 5.74) is 4.71. The summed E-state index contributed by atoms with van der Waals surface area (Å²) in [4.78, 5) is 12.1. The fourth-order valence-corrected chi connectivity index (χ4v) is 2.61. The van der Waals surface area contributed by atoms with E-state index in [1.807, 2.05) is 19.1 Å². The summed E-state index contributed by atoms with van der Waals surface area (Å²) in [6.45, 7) is 1.77. The molecule has 0 saturated carbocycles. The van der Waals surface area contributed by atoms with Crippen LogP contribution in [0.5, 0.6) is 5.75 Å². The molecule has 0 atom stereocenters. The molecule has 0 heterocycles. The van der Waals surface area contributed by atoms with E-state index in [0.717, 1.165) is 17.7 Å². The normalized spacial score (nSPS) is 11.4. The van der Waals surface area contributed by atoms with Gasteiger partial charge in [0.15, 0.2) is 6.61 Å². The van der Waals surface area contributed by atoms with Crippen LogP contribution in [0.3, 0.4) is 0 Å². The zero-order valence-corrected chi connectivity index (χ0v) is 16.6. The van der Waals surface area contributed by atoms with Gasteiger partial charge in [-0.1, -0.05) is 29.8 Å². The topological polar surface area (TPSA) is 62.7 Å². The number of ether oxygens (including phenoxy) is 1. The lowest BCUT2D eigenvalue weighted by atomic mass is 10.2. The predicted octanol–water partition coefficient (Wildman–Crippen LogP) is 5.48. The summed E-state index contributed by atoms with van der Waals surface area (Å²) in [6.07, 6.45) is -2.92. The van der Waals surface area contributed by atoms with Crippen molar-refractivity contribution in [2.24, 2.45) is 5.10 Å². The number of benzene rings is 3. The minimum atomic E-state index is -4.39. The van der Waals surface area contributed by atoms with Gasteiger partial charge in [-0.2, -0.15) is 18.3 Å². The van der Waals surface area contributed by atoms with Crippen LogP contribution in [0.4, 0.5) is 24.5 Å². The standard InChI is InChI=1S/C23H20F3N3O2/c1-16-6-10-19(11-7-16)28-22(30)15-31-21-5-3-2-4-17(21)14-27-29-20-12-8-18(9-13-20)23(24,25)26/h2-14,29H,15H2,1H3,(H,28,30)/b27-14+. The molecule has 2 N–H and O–H groups in total. The Kier molecular flexibility index (Phi) is 6.92. The number of carbonyl (C=O) groups excluding carboxylic acids is 1. The Labute approximate surface area is 177 Å². The molecule has 0 aliphatic carbocycles. The molecule has 0 radical (unpaired) electrons. The van der Waals surface area contributed by atoms with Crippen LogP contribution in [0.25, 0.3) is 0 Å². The maximum Gasteiger partial charge on any atom is 0.416 e. The Morgan fingerprint density at radius 1 is 0.968 bits per heavy atom. The lowest BCUT2D eigenvalue weighted by Crippen LogP contribution is -2.20. The molecule has 0 unspecified atom stereocenters. The number of halogens is 3. The fraction of sp³-hybridized carbons (Fsp3) is 0.130. The van der Waals surface area contributed by atoms with Gasteiger partial charge in [0.05, 0.1) is 17.5 Å². The molecule has 0 aliphatic heterocycles. The molecule has 0 aliphatic rings. The number of rotatable bonds is 7. The van der Waals surface area contributed by atoms with Crippen molar-refractivity contribution in [3.05, 3.63) is 89.5 Å². The first-order valence-corrected chi connectivity index (χ1v) is 9.36. The zero-order valence-electron chi connectivity index (χ0n) is 16.6. The second-order valence-electron chi connectivity index (χ2n) is 6.69. The molecule has 31 heavy (non-hydrogen) atoms. The average molecular weight is 427 g/mol. The van der Waals surface area contributed by atoms with Crippen molar-refractivity contribution in [2.75, 3.05) is 17.3 Å². The summed E-state index contributed by atoms with van der Waals surface area (Å²) < 4.78 is 43.4. The third-order valence-corrected chi connectivity index (χ3v) is 4.22. The van der Waals surface area contributed by atoms with Gasteiger partial charge in [0.25, 0.3) is 5.91 Å². The number of nitrogens with zero attached hydrogens (tertiary/aromatic N) is 1. The first-order valence-electron chi connectivity index (χ1n) is 9.36. The molecule has 160 valence electrons. The van der Waals surface area contributed by atoms with E-state index in [2.05, 4.69) is 15.8 Å². The fourth-order valence-electron chi connectivity index (χ4n) is 2.61.